The lowest BCUT2D eigenvalue weighted by Gasteiger charge is -2.31. The third kappa shape index (κ3) is 3.83. The average molecular weight is 263 g/mol. The molecule has 4 nitrogen and oxygen atoms in total. The van der Waals surface area contributed by atoms with Crippen molar-refractivity contribution >= 4 is 5.91 Å². The van der Waals surface area contributed by atoms with Crippen LogP contribution in [-0.4, -0.2) is 34.5 Å². The van der Waals surface area contributed by atoms with Crippen LogP contribution in [0.3, 0.4) is 0 Å². The molecule has 4 heteroatoms. The Morgan fingerprint density at radius 1 is 1.42 bits per heavy atom. The summed E-state index contributed by atoms with van der Waals surface area (Å²) in [4.78, 5) is 13.2. The Hall–Kier alpha value is -1.29. The monoisotopic (exact) mass is 263 g/mol. The van der Waals surface area contributed by atoms with E-state index in [2.05, 4.69) is 35.1 Å². The van der Waals surface area contributed by atoms with Gasteiger partial charge in [-0.25, -0.2) is 0 Å². The summed E-state index contributed by atoms with van der Waals surface area (Å²) >= 11 is 0. The van der Waals surface area contributed by atoms with Crippen molar-refractivity contribution in [1.82, 2.24) is 14.8 Å². The Labute approximate surface area is 115 Å². The molecule has 0 spiro atoms. The van der Waals surface area contributed by atoms with Crippen molar-refractivity contribution in [2.45, 2.75) is 52.2 Å². The topological polar surface area (TPSA) is 37.3 Å². The summed E-state index contributed by atoms with van der Waals surface area (Å²) in [6.45, 7) is 7.66. The highest BCUT2D eigenvalue weighted by atomic mass is 16.2. The fraction of sp³-hybridized carbons (Fsp3) is 0.667. The predicted octanol–water partition coefficient (Wildman–Crippen LogP) is 2.00. The minimum absolute atomic E-state index is 0.204. The van der Waals surface area contributed by atoms with Gasteiger partial charge in [-0.1, -0.05) is 6.92 Å². The van der Waals surface area contributed by atoms with Gasteiger partial charge in [-0.2, -0.15) is 0 Å². The highest BCUT2D eigenvalue weighted by Gasteiger charge is 2.20. The maximum atomic E-state index is 11.3. The molecule has 0 saturated carbocycles. The van der Waals surface area contributed by atoms with Crippen molar-refractivity contribution in [2.24, 2.45) is 0 Å². The number of amides is 1. The first-order valence-corrected chi connectivity index (χ1v) is 7.33. The number of aromatic nitrogens is 1. The molecule has 1 aliphatic rings. The van der Waals surface area contributed by atoms with E-state index in [0.29, 0.717) is 6.04 Å². The first-order valence-electron chi connectivity index (χ1n) is 7.33. The van der Waals surface area contributed by atoms with Gasteiger partial charge in [0.1, 0.15) is 0 Å². The number of rotatable bonds is 5. The summed E-state index contributed by atoms with van der Waals surface area (Å²) < 4.78 is 2.32. The summed E-state index contributed by atoms with van der Waals surface area (Å²) in [6, 6.07) is 4.85. The zero-order chi connectivity index (χ0) is 13.7. The quantitative estimate of drug-likeness (QED) is 0.882. The van der Waals surface area contributed by atoms with Crippen LogP contribution in [0.25, 0.3) is 0 Å². The van der Waals surface area contributed by atoms with Gasteiger partial charge in [0.2, 0.25) is 5.91 Å². The van der Waals surface area contributed by atoms with Gasteiger partial charge < -0.3 is 14.8 Å². The number of hydrogen-bond acceptors (Lipinski definition) is 2. The number of carbonyl (C=O) groups excluding carboxylic acids is 1. The van der Waals surface area contributed by atoms with E-state index < -0.39 is 0 Å². The molecular formula is C15H25N3O. The van der Waals surface area contributed by atoms with E-state index in [9.17, 15) is 4.79 Å². The average Bonchev–Trinajstić information content (AvgIpc) is 2.85. The SMILES string of the molecule is CCCn1cccc1CNC1CCN(C(C)=O)CC1. The molecule has 0 unspecified atom stereocenters. The Bertz CT molecular complexity index is 405. The number of nitrogens with one attached hydrogen (secondary N) is 1. The minimum atomic E-state index is 0.204. The normalized spacial score (nSPS) is 16.8. The van der Waals surface area contributed by atoms with Crippen LogP contribution in [-0.2, 0) is 17.9 Å². The van der Waals surface area contributed by atoms with Crippen LogP contribution >= 0.6 is 0 Å². The molecule has 1 amide bonds. The molecule has 1 aliphatic heterocycles. The van der Waals surface area contributed by atoms with Gasteiger partial charge in [-0.15, -0.1) is 0 Å². The molecule has 0 radical (unpaired) electrons. The fourth-order valence-electron chi connectivity index (χ4n) is 2.72. The molecule has 0 aliphatic carbocycles. The fourth-order valence-corrected chi connectivity index (χ4v) is 2.72. The molecule has 2 rings (SSSR count). The molecule has 19 heavy (non-hydrogen) atoms. The maximum absolute atomic E-state index is 11.3. The van der Waals surface area contributed by atoms with E-state index in [4.69, 9.17) is 0 Å². The highest BCUT2D eigenvalue weighted by molar-refractivity contribution is 5.73. The highest BCUT2D eigenvalue weighted by Crippen LogP contribution is 2.12. The first-order chi connectivity index (χ1) is 9.20. The Morgan fingerprint density at radius 2 is 2.16 bits per heavy atom. The number of carbonyl (C=O) groups is 1. The molecule has 1 aromatic rings. The van der Waals surface area contributed by atoms with Crippen molar-refractivity contribution in [3.63, 3.8) is 0 Å². The second-order valence-electron chi connectivity index (χ2n) is 5.35. The van der Waals surface area contributed by atoms with Crippen LogP contribution in [0.15, 0.2) is 18.3 Å². The predicted molar refractivity (Wildman–Crippen MR) is 76.8 cm³/mol. The maximum Gasteiger partial charge on any atom is 0.219 e. The molecule has 0 bridgehead atoms. The van der Waals surface area contributed by atoms with Crippen LogP contribution in [0.4, 0.5) is 0 Å². The van der Waals surface area contributed by atoms with Gasteiger partial charge in [0.25, 0.3) is 0 Å². The molecule has 0 atom stereocenters. The molecule has 1 aromatic heterocycles. The number of nitrogens with zero attached hydrogens (tertiary/aromatic N) is 2. The largest absolute Gasteiger partial charge is 0.350 e. The Balaban J connectivity index is 1.77. The molecule has 2 heterocycles. The van der Waals surface area contributed by atoms with Gasteiger partial charge in [-0.05, 0) is 31.4 Å². The molecule has 106 valence electrons. The molecular weight excluding hydrogens is 238 g/mol. The van der Waals surface area contributed by atoms with E-state index in [1.54, 1.807) is 6.92 Å². The lowest BCUT2D eigenvalue weighted by molar-refractivity contribution is -0.129. The summed E-state index contributed by atoms with van der Waals surface area (Å²) in [5.74, 6) is 0.204. The number of aryl methyl sites for hydroxylation is 1. The summed E-state index contributed by atoms with van der Waals surface area (Å²) in [5, 5.41) is 3.62. The van der Waals surface area contributed by atoms with Crippen molar-refractivity contribution < 1.29 is 4.79 Å². The van der Waals surface area contributed by atoms with E-state index in [-0.39, 0.29) is 5.91 Å². The van der Waals surface area contributed by atoms with Crippen molar-refractivity contribution in [1.29, 1.82) is 0 Å². The minimum Gasteiger partial charge on any atom is -0.350 e. The molecule has 1 fully saturated rings. The van der Waals surface area contributed by atoms with Crippen LogP contribution in [0, 0.1) is 0 Å². The van der Waals surface area contributed by atoms with E-state index in [0.717, 1.165) is 39.0 Å². The molecule has 0 aromatic carbocycles. The third-order valence-electron chi connectivity index (χ3n) is 3.90. The van der Waals surface area contributed by atoms with Gasteiger partial charge in [0.05, 0.1) is 0 Å². The lowest BCUT2D eigenvalue weighted by Crippen LogP contribution is -2.44. The second kappa shape index (κ2) is 6.75. The lowest BCUT2D eigenvalue weighted by atomic mass is 10.1. The van der Waals surface area contributed by atoms with Gasteiger partial charge in [-0.3, -0.25) is 4.79 Å². The summed E-state index contributed by atoms with van der Waals surface area (Å²) in [6.07, 6.45) is 5.44. The Morgan fingerprint density at radius 3 is 2.79 bits per heavy atom. The van der Waals surface area contributed by atoms with Crippen molar-refractivity contribution in [3.8, 4) is 0 Å². The second-order valence-corrected chi connectivity index (χ2v) is 5.35. The van der Waals surface area contributed by atoms with Gasteiger partial charge >= 0.3 is 0 Å². The zero-order valence-electron chi connectivity index (χ0n) is 12.1. The van der Waals surface area contributed by atoms with E-state index in [1.807, 2.05) is 4.90 Å². The van der Waals surface area contributed by atoms with Crippen molar-refractivity contribution in [3.05, 3.63) is 24.0 Å². The molecule has 1 saturated heterocycles. The van der Waals surface area contributed by atoms with Gasteiger partial charge in [0, 0.05) is 51.0 Å². The molecule has 1 N–H and O–H groups in total. The number of likely N-dealkylation sites (tertiary alicyclic amines) is 1. The zero-order valence-corrected chi connectivity index (χ0v) is 12.1. The van der Waals surface area contributed by atoms with Crippen LogP contribution in [0.5, 0.6) is 0 Å². The van der Waals surface area contributed by atoms with Crippen LogP contribution in [0.1, 0.15) is 38.8 Å². The van der Waals surface area contributed by atoms with Crippen LogP contribution < -0.4 is 5.32 Å². The van der Waals surface area contributed by atoms with E-state index >= 15 is 0 Å². The van der Waals surface area contributed by atoms with Gasteiger partial charge in [0.15, 0.2) is 0 Å². The Kier molecular flexibility index (Phi) is 5.02. The smallest absolute Gasteiger partial charge is 0.219 e. The summed E-state index contributed by atoms with van der Waals surface area (Å²) in [5.41, 5.74) is 1.36. The standard InChI is InChI=1S/C15H25N3O/c1-3-8-18-9-4-5-15(18)12-16-14-6-10-17(11-7-14)13(2)19/h4-5,9,14,16H,3,6-8,10-12H2,1-2H3. The number of hydrogen-bond donors (Lipinski definition) is 1. The summed E-state index contributed by atoms with van der Waals surface area (Å²) in [7, 11) is 0. The third-order valence-corrected chi connectivity index (χ3v) is 3.90. The van der Waals surface area contributed by atoms with Crippen LogP contribution in [0.2, 0.25) is 0 Å². The number of piperidine rings is 1. The van der Waals surface area contributed by atoms with Crippen molar-refractivity contribution in [2.75, 3.05) is 13.1 Å². The van der Waals surface area contributed by atoms with E-state index in [1.165, 1.54) is 12.1 Å². The first kappa shape index (κ1) is 14.1.